The standard InChI is InChI=1S/C11H11BrN4OS/c1-2-17-10-9(13)11(16-6-15-10)18-8-4-3-7(12)5-14-8/h3-6H,2,13H2,1H3. The zero-order valence-electron chi connectivity index (χ0n) is 9.63. The SMILES string of the molecule is CCOc1ncnc(Sc2ccc(Br)cn2)c1N. The number of hydrogen-bond donors (Lipinski definition) is 1. The lowest BCUT2D eigenvalue weighted by molar-refractivity contribution is 0.327. The molecule has 18 heavy (non-hydrogen) atoms. The average Bonchev–Trinajstić information content (AvgIpc) is 2.37. The third-order valence-electron chi connectivity index (χ3n) is 1.99. The van der Waals surface area contributed by atoms with Crippen molar-refractivity contribution in [2.24, 2.45) is 0 Å². The number of nitrogens with zero attached hydrogens (tertiary/aromatic N) is 3. The Morgan fingerprint density at radius 2 is 2.17 bits per heavy atom. The molecule has 0 radical (unpaired) electrons. The summed E-state index contributed by atoms with van der Waals surface area (Å²) in [7, 11) is 0. The van der Waals surface area contributed by atoms with Crippen LogP contribution in [0.25, 0.3) is 0 Å². The van der Waals surface area contributed by atoms with Crippen LogP contribution in [0.15, 0.2) is 39.2 Å². The van der Waals surface area contributed by atoms with Gasteiger partial charge in [-0.15, -0.1) is 0 Å². The lowest BCUT2D eigenvalue weighted by atomic mass is 10.5. The maximum Gasteiger partial charge on any atom is 0.241 e. The van der Waals surface area contributed by atoms with Crippen LogP contribution < -0.4 is 10.5 Å². The minimum Gasteiger partial charge on any atom is -0.476 e. The van der Waals surface area contributed by atoms with Crippen LogP contribution in [0.1, 0.15) is 6.92 Å². The predicted molar refractivity (Wildman–Crippen MR) is 73.7 cm³/mol. The molecule has 0 spiro atoms. The topological polar surface area (TPSA) is 73.9 Å². The van der Waals surface area contributed by atoms with Crippen molar-refractivity contribution in [3.63, 3.8) is 0 Å². The van der Waals surface area contributed by atoms with Gasteiger partial charge in [0.2, 0.25) is 5.88 Å². The molecular weight excluding hydrogens is 316 g/mol. The fourth-order valence-corrected chi connectivity index (χ4v) is 2.19. The second-order valence-corrected chi connectivity index (χ2v) is 5.17. The summed E-state index contributed by atoms with van der Waals surface area (Å²) < 4.78 is 6.25. The van der Waals surface area contributed by atoms with E-state index >= 15 is 0 Å². The number of anilines is 1. The van der Waals surface area contributed by atoms with Crippen LogP contribution in [0.3, 0.4) is 0 Å². The van der Waals surface area contributed by atoms with Crippen molar-refractivity contribution in [2.45, 2.75) is 17.0 Å². The van der Waals surface area contributed by atoms with Gasteiger partial charge in [-0.3, -0.25) is 0 Å². The molecule has 0 aromatic carbocycles. The number of aromatic nitrogens is 3. The Morgan fingerprint density at radius 1 is 1.33 bits per heavy atom. The van der Waals surface area contributed by atoms with Crippen LogP contribution in [0.5, 0.6) is 5.88 Å². The summed E-state index contributed by atoms with van der Waals surface area (Å²) in [4.78, 5) is 12.4. The van der Waals surface area contributed by atoms with E-state index in [0.29, 0.717) is 23.2 Å². The average molecular weight is 327 g/mol. The number of ether oxygens (including phenoxy) is 1. The molecule has 0 amide bonds. The van der Waals surface area contributed by atoms with Crippen molar-refractivity contribution in [3.05, 3.63) is 29.1 Å². The predicted octanol–water partition coefficient (Wildman–Crippen LogP) is 2.77. The second-order valence-electron chi connectivity index (χ2n) is 3.25. The molecule has 0 aliphatic rings. The first-order valence-electron chi connectivity index (χ1n) is 5.23. The minimum absolute atomic E-state index is 0.409. The smallest absolute Gasteiger partial charge is 0.241 e. The summed E-state index contributed by atoms with van der Waals surface area (Å²) >= 11 is 4.71. The van der Waals surface area contributed by atoms with Crippen molar-refractivity contribution in [1.29, 1.82) is 0 Å². The number of nitrogen functional groups attached to an aromatic ring is 1. The van der Waals surface area contributed by atoms with E-state index in [1.54, 1.807) is 6.20 Å². The van der Waals surface area contributed by atoms with Crippen LogP contribution in [-0.2, 0) is 0 Å². The Labute approximate surface area is 117 Å². The molecule has 5 nitrogen and oxygen atoms in total. The lowest BCUT2D eigenvalue weighted by Gasteiger charge is -2.08. The summed E-state index contributed by atoms with van der Waals surface area (Å²) in [6, 6.07) is 3.80. The van der Waals surface area contributed by atoms with Crippen molar-refractivity contribution in [1.82, 2.24) is 15.0 Å². The van der Waals surface area contributed by atoms with Crippen LogP contribution in [0, 0.1) is 0 Å². The Morgan fingerprint density at radius 3 is 2.83 bits per heavy atom. The molecule has 0 unspecified atom stereocenters. The second kappa shape index (κ2) is 6.01. The highest BCUT2D eigenvalue weighted by Gasteiger charge is 2.10. The van der Waals surface area contributed by atoms with Crippen molar-refractivity contribution in [2.75, 3.05) is 12.3 Å². The number of halogens is 1. The number of rotatable bonds is 4. The molecule has 0 atom stereocenters. The summed E-state index contributed by atoms with van der Waals surface area (Å²) in [5.74, 6) is 0.409. The summed E-state index contributed by atoms with van der Waals surface area (Å²) in [5.41, 5.74) is 6.38. The van der Waals surface area contributed by atoms with Crippen LogP contribution in [0.2, 0.25) is 0 Å². The van der Waals surface area contributed by atoms with Gasteiger partial charge in [-0.2, -0.15) is 4.98 Å². The lowest BCUT2D eigenvalue weighted by Crippen LogP contribution is -2.02. The highest BCUT2D eigenvalue weighted by Crippen LogP contribution is 2.33. The molecule has 0 bridgehead atoms. The molecule has 2 N–H and O–H groups in total. The molecule has 2 aromatic heterocycles. The Bertz CT molecular complexity index is 535. The molecule has 2 aromatic rings. The maximum absolute atomic E-state index is 5.94. The first-order chi connectivity index (χ1) is 8.70. The number of pyridine rings is 1. The van der Waals surface area contributed by atoms with Gasteiger partial charge in [0.1, 0.15) is 22.1 Å². The van der Waals surface area contributed by atoms with E-state index < -0.39 is 0 Å². The Kier molecular flexibility index (Phi) is 4.38. The van der Waals surface area contributed by atoms with E-state index in [2.05, 4.69) is 30.9 Å². The molecule has 2 heterocycles. The van der Waals surface area contributed by atoms with Gasteiger partial charge in [0.15, 0.2) is 0 Å². The quantitative estimate of drug-likeness (QED) is 0.871. The first-order valence-corrected chi connectivity index (χ1v) is 6.84. The van der Waals surface area contributed by atoms with Gasteiger partial charge in [-0.25, -0.2) is 9.97 Å². The zero-order chi connectivity index (χ0) is 13.0. The van der Waals surface area contributed by atoms with Gasteiger partial charge >= 0.3 is 0 Å². The van der Waals surface area contributed by atoms with E-state index in [1.807, 2.05) is 19.1 Å². The van der Waals surface area contributed by atoms with E-state index in [9.17, 15) is 0 Å². The summed E-state index contributed by atoms with van der Waals surface area (Å²) in [6.45, 7) is 2.40. The third-order valence-corrected chi connectivity index (χ3v) is 3.43. The monoisotopic (exact) mass is 326 g/mol. The van der Waals surface area contributed by atoms with Gasteiger partial charge < -0.3 is 10.5 Å². The van der Waals surface area contributed by atoms with Crippen LogP contribution in [-0.4, -0.2) is 21.6 Å². The Hall–Kier alpha value is -1.34. The first kappa shape index (κ1) is 13.1. The third kappa shape index (κ3) is 3.11. The van der Waals surface area contributed by atoms with E-state index in [1.165, 1.54) is 18.1 Å². The molecule has 0 saturated carbocycles. The fourth-order valence-electron chi connectivity index (χ4n) is 1.22. The van der Waals surface area contributed by atoms with E-state index in [0.717, 1.165) is 9.50 Å². The fraction of sp³-hybridized carbons (Fsp3) is 0.182. The number of hydrogen-bond acceptors (Lipinski definition) is 6. The van der Waals surface area contributed by atoms with E-state index in [4.69, 9.17) is 10.5 Å². The van der Waals surface area contributed by atoms with Crippen molar-refractivity contribution in [3.8, 4) is 5.88 Å². The molecular formula is C11H11BrN4OS. The van der Waals surface area contributed by atoms with E-state index in [-0.39, 0.29) is 0 Å². The van der Waals surface area contributed by atoms with Gasteiger partial charge in [0.25, 0.3) is 0 Å². The van der Waals surface area contributed by atoms with Crippen molar-refractivity contribution >= 4 is 33.4 Å². The zero-order valence-corrected chi connectivity index (χ0v) is 12.0. The summed E-state index contributed by atoms with van der Waals surface area (Å²) in [5, 5.41) is 1.45. The normalized spacial score (nSPS) is 10.3. The van der Waals surface area contributed by atoms with Crippen LogP contribution in [0.4, 0.5) is 5.69 Å². The molecule has 7 heteroatoms. The number of nitrogens with two attached hydrogens (primary N) is 1. The molecule has 2 rings (SSSR count). The molecule has 94 valence electrons. The highest BCUT2D eigenvalue weighted by molar-refractivity contribution is 9.10. The minimum atomic E-state index is 0.409. The largest absolute Gasteiger partial charge is 0.476 e. The van der Waals surface area contributed by atoms with Gasteiger partial charge in [-0.05, 0) is 46.7 Å². The van der Waals surface area contributed by atoms with Gasteiger partial charge in [0, 0.05) is 10.7 Å². The Balaban J connectivity index is 2.23. The maximum atomic E-state index is 5.94. The molecule has 0 aliphatic heterocycles. The highest BCUT2D eigenvalue weighted by atomic mass is 79.9. The summed E-state index contributed by atoms with van der Waals surface area (Å²) in [6.07, 6.45) is 3.16. The molecule has 0 fully saturated rings. The van der Waals surface area contributed by atoms with Crippen LogP contribution >= 0.6 is 27.7 Å². The van der Waals surface area contributed by atoms with Gasteiger partial charge in [-0.1, -0.05) is 0 Å². The molecule has 0 aliphatic carbocycles. The molecule has 0 saturated heterocycles. The van der Waals surface area contributed by atoms with Crippen molar-refractivity contribution < 1.29 is 4.74 Å². The van der Waals surface area contributed by atoms with Gasteiger partial charge in [0.05, 0.1) is 6.61 Å².